The Morgan fingerprint density at radius 2 is 1.94 bits per heavy atom. The highest BCUT2D eigenvalue weighted by molar-refractivity contribution is 5.39. The standard InChI is InChI=1S/C14H19NO2/c1-2-16-13-5-3-4-6-14(13)17-11-12-7-9-15-10-8-12/h3-7,15H,2,8-11H2,1H3. The van der Waals surface area contributed by atoms with Crippen LogP contribution in [0.25, 0.3) is 0 Å². The number of benzene rings is 1. The van der Waals surface area contributed by atoms with Gasteiger partial charge in [0.15, 0.2) is 11.5 Å². The van der Waals surface area contributed by atoms with Crippen LogP contribution in [0.4, 0.5) is 0 Å². The number of hydrogen-bond acceptors (Lipinski definition) is 3. The average Bonchev–Trinajstić information content (AvgIpc) is 2.39. The summed E-state index contributed by atoms with van der Waals surface area (Å²) in [6.45, 7) is 5.29. The van der Waals surface area contributed by atoms with E-state index in [2.05, 4.69) is 11.4 Å². The lowest BCUT2D eigenvalue weighted by atomic mass is 10.1. The van der Waals surface area contributed by atoms with Gasteiger partial charge in [0.05, 0.1) is 6.61 Å². The summed E-state index contributed by atoms with van der Waals surface area (Å²) in [6.07, 6.45) is 3.27. The third kappa shape index (κ3) is 3.49. The molecule has 0 amide bonds. The van der Waals surface area contributed by atoms with E-state index in [0.29, 0.717) is 13.2 Å². The molecule has 1 aliphatic heterocycles. The lowest BCUT2D eigenvalue weighted by Crippen LogP contribution is -2.22. The number of hydrogen-bond donors (Lipinski definition) is 1. The zero-order valence-electron chi connectivity index (χ0n) is 10.2. The first-order valence-electron chi connectivity index (χ1n) is 6.13. The molecule has 2 rings (SSSR count). The van der Waals surface area contributed by atoms with E-state index in [-0.39, 0.29) is 0 Å². The van der Waals surface area contributed by atoms with Crippen molar-refractivity contribution in [2.24, 2.45) is 0 Å². The highest BCUT2D eigenvalue weighted by atomic mass is 16.5. The molecule has 1 aromatic rings. The summed E-state index contributed by atoms with van der Waals surface area (Å²) in [5.74, 6) is 1.65. The first kappa shape index (κ1) is 12.0. The van der Waals surface area contributed by atoms with Gasteiger partial charge in [0.1, 0.15) is 6.61 Å². The zero-order valence-corrected chi connectivity index (χ0v) is 10.2. The normalized spacial score (nSPS) is 15.2. The lowest BCUT2D eigenvalue weighted by molar-refractivity contribution is 0.290. The maximum absolute atomic E-state index is 5.81. The second-order valence-corrected chi connectivity index (χ2v) is 3.98. The summed E-state index contributed by atoms with van der Waals surface area (Å²) in [5.41, 5.74) is 1.36. The van der Waals surface area contributed by atoms with E-state index in [1.807, 2.05) is 31.2 Å². The number of rotatable bonds is 5. The maximum atomic E-state index is 5.81. The number of nitrogens with one attached hydrogen (secondary N) is 1. The Morgan fingerprint density at radius 1 is 1.18 bits per heavy atom. The fourth-order valence-corrected chi connectivity index (χ4v) is 1.82. The molecule has 0 atom stereocenters. The zero-order chi connectivity index (χ0) is 11.9. The van der Waals surface area contributed by atoms with Crippen molar-refractivity contribution in [2.75, 3.05) is 26.3 Å². The fraction of sp³-hybridized carbons (Fsp3) is 0.429. The summed E-state index contributed by atoms with van der Waals surface area (Å²) >= 11 is 0. The third-order valence-corrected chi connectivity index (χ3v) is 2.72. The Hall–Kier alpha value is -1.48. The smallest absolute Gasteiger partial charge is 0.161 e. The maximum Gasteiger partial charge on any atom is 0.161 e. The van der Waals surface area contributed by atoms with Crippen molar-refractivity contribution in [3.63, 3.8) is 0 Å². The van der Waals surface area contributed by atoms with Crippen molar-refractivity contribution < 1.29 is 9.47 Å². The van der Waals surface area contributed by atoms with Crippen LogP contribution in [0.1, 0.15) is 13.3 Å². The molecule has 3 nitrogen and oxygen atoms in total. The van der Waals surface area contributed by atoms with Crippen LogP contribution in [-0.2, 0) is 0 Å². The SMILES string of the molecule is CCOc1ccccc1OCC1=CCNCC1. The second-order valence-electron chi connectivity index (χ2n) is 3.98. The Labute approximate surface area is 102 Å². The van der Waals surface area contributed by atoms with Crippen LogP contribution >= 0.6 is 0 Å². The Balaban J connectivity index is 1.95. The van der Waals surface area contributed by atoms with Gasteiger partial charge in [-0.3, -0.25) is 0 Å². The molecule has 0 fully saturated rings. The minimum atomic E-state index is 0.658. The van der Waals surface area contributed by atoms with Gasteiger partial charge < -0.3 is 14.8 Å². The average molecular weight is 233 g/mol. The molecule has 0 bridgehead atoms. The molecule has 0 aliphatic carbocycles. The first-order chi connectivity index (χ1) is 8.40. The van der Waals surface area contributed by atoms with Gasteiger partial charge >= 0.3 is 0 Å². The van der Waals surface area contributed by atoms with Crippen molar-refractivity contribution >= 4 is 0 Å². The molecule has 1 N–H and O–H groups in total. The molecule has 0 unspecified atom stereocenters. The van der Waals surface area contributed by atoms with E-state index in [0.717, 1.165) is 31.0 Å². The molecule has 1 aliphatic rings. The van der Waals surface area contributed by atoms with E-state index in [1.54, 1.807) is 0 Å². The predicted octanol–water partition coefficient (Wildman–Crippen LogP) is 2.38. The van der Waals surface area contributed by atoms with E-state index in [4.69, 9.17) is 9.47 Å². The first-order valence-corrected chi connectivity index (χ1v) is 6.13. The Kier molecular flexibility index (Phi) is 4.45. The highest BCUT2D eigenvalue weighted by Gasteiger charge is 2.06. The number of ether oxygens (including phenoxy) is 2. The molecule has 1 heterocycles. The Bertz CT molecular complexity index is 388. The molecule has 1 aromatic carbocycles. The molecule has 17 heavy (non-hydrogen) atoms. The summed E-state index contributed by atoms with van der Waals surface area (Å²) in [7, 11) is 0. The van der Waals surface area contributed by atoms with Gasteiger partial charge in [-0.15, -0.1) is 0 Å². The summed E-state index contributed by atoms with van der Waals surface area (Å²) in [5, 5.41) is 3.29. The van der Waals surface area contributed by atoms with Crippen LogP contribution in [0.2, 0.25) is 0 Å². The molecule has 92 valence electrons. The quantitative estimate of drug-likeness (QED) is 0.792. The van der Waals surface area contributed by atoms with Crippen molar-refractivity contribution in [1.82, 2.24) is 5.32 Å². The monoisotopic (exact) mass is 233 g/mol. The molecule has 0 saturated carbocycles. The molecule has 0 spiro atoms. The minimum Gasteiger partial charge on any atom is -0.490 e. The van der Waals surface area contributed by atoms with Crippen molar-refractivity contribution in [3.05, 3.63) is 35.9 Å². The Morgan fingerprint density at radius 3 is 2.59 bits per heavy atom. The summed E-state index contributed by atoms with van der Waals surface area (Å²) < 4.78 is 11.3. The van der Waals surface area contributed by atoms with E-state index < -0.39 is 0 Å². The van der Waals surface area contributed by atoms with Crippen LogP contribution in [0.5, 0.6) is 11.5 Å². The molecular weight excluding hydrogens is 214 g/mol. The van der Waals surface area contributed by atoms with Gasteiger partial charge in [0, 0.05) is 6.54 Å². The van der Waals surface area contributed by atoms with Crippen LogP contribution in [0, 0.1) is 0 Å². The van der Waals surface area contributed by atoms with Gasteiger partial charge in [0.2, 0.25) is 0 Å². The van der Waals surface area contributed by atoms with Gasteiger partial charge in [-0.1, -0.05) is 18.2 Å². The predicted molar refractivity (Wildman–Crippen MR) is 68.7 cm³/mol. The fourth-order valence-electron chi connectivity index (χ4n) is 1.82. The molecule has 0 aromatic heterocycles. The van der Waals surface area contributed by atoms with Gasteiger partial charge in [-0.05, 0) is 37.6 Å². The van der Waals surface area contributed by atoms with Gasteiger partial charge in [-0.25, -0.2) is 0 Å². The highest BCUT2D eigenvalue weighted by Crippen LogP contribution is 2.26. The van der Waals surface area contributed by atoms with Gasteiger partial charge in [0.25, 0.3) is 0 Å². The number of para-hydroxylation sites is 2. The van der Waals surface area contributed by atoms with Crippen LogP contribution < -0.4 is 14.8 Å². The summed E-state index contributed by atoms with van der Waals surface area (Å²) in [4.78, 5) is 0. The van der Waals surface area contributed by atoms with Crippen molar-refractivity contribution in [3.8, 4) is 11.5 Å². The van der Waals surface area contributed by atoms with Crippen molar-refractivity contribution in [2.45, 2.75) is 13.3 Å². The third-order valence-electron chi connectivity index (χ3n) is 2.72. The van der Waals surface area contributed by atoms with Crippen LogP contribution in [0.3, 0.4) is 0 Å². The van der Waals surface area contributed by atoms with E-state index in [1.165, 1.54) is 5.57 Å². The molecular formula is C14H19NO2. The van der Waals surface area contributed by atoms with Crippen LogP contribution in [-0.4, -0.2) is 26.3 Å². The lowest BCUT2D eigenvalue weighted by Gasteiger charge is -2.16. The minimum absolute atomic E-state index is 0.658. The largest absolute Gasteiger partial charge is 0.490 e. The second kappa shape index (κ2) is 6.30. The van der Waals surface area contributed by atoms with E-state index >= 15 is 0 Å². The molecule has 3 heteroatoms. The van der Waals surface area contributed by atoms with E-state index in [9.17, 15) is 0 Å². The van der Waals surface area contributed by atoms with Crippen LogP contribution in [0.15, 0.2) is 35.9 Å². The van der Waals surface area contributed by atoms with Crippen molar-refractivity contribution in [1.29, 1.82) is 0 Å². The molecule has 0 saturated heterocycles. The summed E-state index contributed by atoms with van der Waals surface area (Å²) in [6, 6.07) is 7.82. The topological polar surface area (TPSA) is 30.5 Å². The van der Waals surface area contributed by atoms with Gasteiger partial charge in [-0.2, -0.15) is 0 Å². The molecule has 0 radical (unpaired) electrons.